The fourth-order valence-electron chi connectivity index (χ4n) is 4.94. The fraction of sp³-hybridized carbons (Fsp3) is 0.171. The minimum Gasteiger partial charge on any atom is -0.350 e. The Hall–Kier alpha value is -6.20. The Morgan fingerprint density at radius 2 is 1.85 bits per heavy atom. The number of carbonyl (C=O) groups excluding carboxylic acids is 1. The number of benzene rings is 2. The van der Waals surface area contributed by atoms with Crippen LogP contribution in [0.15, 0.2) is 79.8 Å². The summed E-state index contributed by atoms with van der Waals surface area (Å²) in [5.41, 5.74) is 5.57. The van der Waals surface area contributed by atoms with Crippen molar-refractivity contribution in [3.63, 3.8) is 0 Å². The molecule has 46 heavy (non-hydrogen) atoms. The highest BCUT2D eigenvalue weighted by Gasteiger charge is 2.22. The number of imidazole rings is 2. The van der Waals surface area contributed by atoms with Crippen LogP contribution in [0, 0.1) is 42.8 Å². The number of rotatable bonds is 6. The van der Waals surface area contributed by atoms with Crippen molar-refractivity contribution < 1.29 is 9.18 Å². The minimum atomic E-state index is -0.822. The van der Waals surface area contributed by atoms with E-state index >= 15 is 4.39 Å². The molecule has 0 spiro atoms. The van der Waals surface area contributed by atoms with Crippen LogP contribution in [-0.4, -0.2) is 34.6 Å². The van der Waals surface area contributed by atoms with Crippen LogP contribution < -0.4 is 10.6 Å². The number of hydrogen-bond donors (Lipinski definition) is 2. The van der Waals surface area contributed by atoms with Crippen LogP contribution >= 0.6 is 0 Å². The summed E-state index contributed by atoms with van der Waals surface area (Å²) in [7, 11) is 1.84. The van der Waals surface area contributed by atoms with Crippen molar-refractivity contribution in [3.8, 4) is 23.6 Å². The third-order valence-corrected chi connectivity index (χ3v) is 7.64. The van der Waals surface area contributed by atoms with E-state index in [4.69, 9.17) is 0 Å². The van der Waals surface area contributed by atoms with Crippen molar-refractivity contribution in [2.45, 2.75) is 33.1 Å². The van der Waals surface area contributed by atoms with Crippen LogP contribution in [0.1, 0.15) is 52.3 Å². The Labute approximate surface area is 265 Å². The van der Waals surface area contributed by atoms with Gasteiger partial charge in [0.05, 0.1) is 47.3 Å². The van der Waals surface area contributed by atoms with Crippen LogP contribution in [0.4, 0.5) is 21.5 Å². The summed E-state index contributed by atoms with van der Waals surface area (Å²) < 4.78 is 20.5. The number of aryl methyl sites for hydroxylation is 2. The van der Waals surface area contributed by atoms with Crippen molar-refractivity contribution in [3.05, 3.63) is 119 Å². The molecule has 1 amide bonds. The molecule has 2 aromatic carbocycles. The number of halogens is 1. The lowest BCUT2D eigenvalue weighted by Gasteiger charge is -2.19. The monoisotopic (exact) mass is 611 g/mol. The van der Waals surface area contributed by atoms with E-state index in [1.807, 2.05) is 59.7 Å². The molecule has 0 bridgehead atoms. The molecule has 0 saturated carbocycles. The molecule has 0 unspecified atom stereocenters. The average Bonchev–Trinajstić information content (AvgIpc) is 3.77. The van der Waals surface area contributed by atoms with E-state index in [0.29, 0.717) is 33.7 Å². The van der Waals surface area contributed by atoms with E-state index in [-0.39, 0.29) is 5.56 Å². The first-order valence-corrected chi connectivity index (χ1v) is 14.4. The van der Waals surface area contributed by atoms with Gasteiger partial charge in [0, 0.05) is 53.7 Å². The molecule has 4 aromatic heterocycles. The van der Waals surface area contributed by atoms with Crippen LogP contribution in [0.3, 0.4) is 0 Å². The highest BCUT2D eigenvalue weighted by molar-refractivity contribution is 6.04. The van der Waals surface area contributed by atoms with E-state index in [9.17, 15) is 10.1 Å². The molecule has 0 saturated heterocycles. The Kier molecular flexibility index (Phi) is 7.60. The van der Waals surface area contributed by atoms with Gasteiger partial charge in [0.2, 0.25) is 0 Å². The van der Waals surface area contributed by atoms with Gasteiger partial charge in [-0.05, 0) is 81.6 Å². The number of nitrogens with zero attached hydrogens (tertiary/aromatic N) is 7. The van der Waals surface area contributed by atoms with Crippen LogP contribution in [0.5, 0.6) is 0 Å². The number of nitrogens with one attached hydrogen (secondary N) is 2. The first kappa shape index (κ1) is 29.9. The van der Waals surface area contributed by atoms with Crippen molar-refractivity contribution in [1.82, 2.24) is 28.7 Å². The first-order valence-electron chi connectivity index (χ1n) is 14.4. The molecule has 0 aliphatic carbocycles. The maximum atomic E-state index is 15.1. The molecular weight excluding hydrogens is 581 g/mol. The molecule has 228 valence electrons. The zero-order valence-corrected chi connectivity index (χ0v) is 25.9. The van der Waals surface area contributed by atoms with Gasteiger partial charge in [-0.3, -0.25) is 13.9 Å². The van der Waals surface area contributed by atoms with E-state index in [1.54, 1.807) is 62.4 Å². The number of aromatic nitrogens is 6. The third kappa shape index (κ3) is 5.94. The van der Waals surface area contributed by atoms with Crippen LogP contribution in [0.25, 0.3) is 11.3 Å². The first-order chi connectivity index (χ1) is 22.0. The minimum absolute atomic E-state index is 0.110. The summed E-state index contributed by atoms with van der Waals surface area (Å²) in [5.74, 6) is 5.07. The van der Waals surface area contributed by atoms with Crippen molar-refractivity contribution in [2.75, 3.05) is 10.6 Å². The lowest BCUT2D eigenvalue weighted by atomic mass is 9.86. The second kappa shape index (κ2) is 11.7. The van der Waals surface area contributed by atoms with E-state index in [0.717, 1.165) is 22.8 Å². The topological polar surface area (TPSA) is 118 Å². The lowest BCUT2D eigenvalue weighted by molar-refractivity contribution is 0.102. The van der Waals surface area contributed by atoms with Gasteiger partial charge in [-0.25, -0.2) is 14.4 Å². The SMILES string of the molecule is Cc1cn(-c2cc(NC(=O)c3cc(F)c(C)c(C#Cc4cnc5c(Nc6cnn(C)c6)cccn45)c3)cc(C(C)(C)C#N)c2)cn1. The zero-order valence-electron chi connectivity index (χ0n) is 25.9. The van der Waals surface area contributed by atoms with Crippen LogP contribution in [-0.2, 0) is 12.5 Å². The van der Waals surface area contributed by atoms with Gasteiger partial charge in [0.1, 0.15) is 11.5 Å². The largest absolute Gasteiger partial charge is 0.350 e. The van der Waals surface area contributed by atoms with Gasteiger partial charge < -0.3 is 15.2 Å². The highest BCUT2D eigenvalue weighted by atomic mass is 19.1. The van der Waals surface area contributed by atoms with Gasteiger partial charge in [-0.2, -0.15) is 10.4 Å². The van der Waals surface area contributed by atoms with Gasteiger partial charge >= 0.3 is 0 Å². The Morgan fingerprint density at radius 3 is 2.57 bits per heavy atom. The van der Waals surface area contributed by atoms with Crippen LogP contribution in [0.2, 0.25) is 0 Å². The standard InChI is InChI=1S/C35H30FN9O/c1-22-18-44(21-39-22)30-14-26(35(3,4)20-37)13-27(15-30)42-34(46)25-11-24(23(2)31(36)12-25)8-9-29-17-38-33-32(7-6-10-45(29)33)41-28-16-40-43(5)19-28/h6-7,10-19,21,41H,1-5H3,(H,42,46). The number of fused-ring (bicyclic) bond motifs is 1. The molecule has 6 rings (SSSR count). The predicted octanol–water partition coefficient (Wildman–Crippen LogP) is 6.21. The summed E-state index contributed by atoms with van der Waals surface area (Å²) in [6.45, 7) is 7.11. The number of amides is 1. The maximum absolute atomic E-state index is 15.1. The lowest BCUT2D eigenvalue weighted by Crippen LogP contribution is -2.17. The molecule has 4 heterocycles. The molecule has 0 atom stereocenters. The Balaban J connectivity index is 1.30. The van der Waals surface area contributed by atoms with Crippen molar-refractivity contribution in [2.24, 2.45) is 7.05 Å². The fourth-order valence-corrected chi connectivity index (χ4v) is 4.94. The molecule has 0 aliphatic rings. The second-order valence-corrected chi connectivity index (χ2v) is 11.5. The van der Waals surface area contributed by atoms with E-state index < -0.39 is 17.1 Å². The Bertz CT molecular complexity index is 2240. The summed E-state index contributed by atoms with van der Waals surface area (Å²) in [6.07, 6.45) is 10.6. The van der Waals surface area contributed by atoms with Gasteiger partial charge in [0.15, 0.2) is 5.65 Å². The number of pyridine rings is 1. The molecule has 10 nitrogen and oxygen atoms in total. The van der Waals surface area contributed by atoms with Crippen molar-refractivity contribution >= 4 is 28.6 Å². The molecule has 0 radical (unpaired) electrons. The van der Waals surface area contributed by atoms with Crippen molar-refractivity contribution in [1.29, 1.82) is 5.26 Å². The smallest absolute Gasteiger partial charge is 0.255 e. The number of carbonyl (C=O) groups is 1. The number of anilines is 3. The number of nitriles is 1. The normalized spacial score (nSPS) is 11.2. The average molecular weight is 612 g/mol. The summed E-state index contributed by atoms with van der Waals surface area (Å²) in [4.78, 5) is 22.3. The quantitative estimate of drug-likeness (QED) is 0.216. The van der Waals surface area contributed by atoms with Gasteiger partial charge in [-0.15, -0.1) is 0 Å². The maximum Gasteiger partial charge on any atom is 0.255 e. The summed E-state index contributed by atoms with van der Waals surface area (Å²) in [5, 5.41) is 20.2. The zero-order chi connectivity index (χ0) is 32.6. The number of hydrogen-bond acceptors (Lipinski definition) is 6. The molecule has 0 fully saturated rings. The molecule has 11 heteroatoms. The molecule has 0 aliphatic heterocycles. The molecule has 6 aromatic rings. The van der Waals surface area contributed by atoms with E-state index in [1.165, 1.54) is 6.07 Å². The summed E-state index contributed by atoms with van der Waals surface area (Å²) in [6, 6.07) is 14.3. The molecule has 2 N–H and O–H groups in total. The second-order valence-electron chi connectivity index (χ2n) is 11.5. The third-order valence-electron chi connectivity index (χ3n) is 7.64. The Morgan fingerprint density at radius 1 is 1.02 bits per heavy atom. The van der Waals surface area contributed by atoms with Gasteiger partial charge in [-0.1, -0.05) is 5.92 Å². The predicted molar refractivity (Wildman–Crippen MR) is 174 cm³/mol. The highest BCUT2D eigenvalue weighted by Crippen LogP contribution is 2.29. The van der Waals surface area contributed by atoms with Gasteiger partial charge in [0.25, 0.3) is 5.91 Å². The molecular formula is C35H30FN9O. The summed E-state index contributed by atoms with van der Waals surface area (Å²) >= 11 is 0. The van der Waals surface area contributed by atoms with E-state index in [2.05, 4.69) is 43.6 Å².